The highest BCUT2D eigenvalue weighted by atomic mass is 19.3. The molecule has 0 aromatic heterocycles. The number of rotatable bonds is 8. The standard InChI is InChI=1S/C23H21F2NO3/c1-16(17-9-7-12-20(14-17)29-23(24)25)26-22(27)21-13-6-5-8-18(21)15-28-19-10-3-2-4-11-19/h2-14,16,23H,15H2,1H3,(H,26,27). The third kappa shape index (κ3) is 5.78. The first-order valence-electron chi connectivity index (χ1n) is 9.14. The topological polar surface area (TPSA) is 47.6 Å². The van der Waals surface area contributed by atoms with Gasteiger partial charge in [0.25, 0.3) is 5.91 Å². The lowest BCUT2D eigenvalue weighted by atomic mass is 10.0. The predicted octanol–water partition coefficient (Wildman–Crippen LogP) is 5.36. The average molecular weight is 397 g/mol. The van der Waals surface area contributed by atoms with Crippen LogP contribution in [0, 0.1) is 0 Å². The van der Waals surface area contributed by atoms with Gasteiger partial charge in [0.2, 0.25) is 0 Å². The van der Waals surface area contributed by atoms with Crippen LogP contribution in [-0.4, -0.2) is 12.5 Å². The summed E-state index contributed by atoms with van der Waals surface area (Å²) in [5.41, 5.74) is 1.90. The highest BCUT2D eigenvalue weighted by molar-refractivity contribution is 5.95. The number of benzene rings is 3. The van der Waals surface area contributed by atoms with Crippen molar-refractivity contribution in [3.05, 3.63) is 95.6 Å². The molecule has 0 heterocycles. The summed E-state index contributed by atoms with van der Waals surface area (Å²) in [7, 11) is 0. The maximum absolute atomic E-state index is 12.8. The van der Waals surface area contributed by atoms with E-state index >= 15 is 0 Å². The van der Waals surface area contributed by atoms with Gasteiger partial charge in [-0.1, -0.05) is 48.5 Å². The van der Waals surface area contributed by atoms with E-state index in [-0.39, 0.29) is 18.3 Å². The van der Waals surface area contributed by atoms with E-state index in [1.165, 1.54) is 12.1 Å². The minimum atomic E-state index is -2.90. The lowest BCUT2D eigenvalue weighted by Gasteiger charge is -2.17. The minimum Gasteiger partial charge on any atom is -0.489 e. The number of hydrogen-bond donors (Lipinski definition) is 1. The van der Waals surface area contributed by atoms with E-state index < -0.39 is 12.7 Å². The smallest absolute Gasteiger partial charge is 0.387 e. The van der Waals surface area contributed by atoms with Crippen LogP contribution in [0.5, 0.6) is 11.5 Å². The Kier molecular flexibility index (Phi) is 6.79. The normalized spacial score (nSPS) is 11.7. The van der Waals surface area contributed by atoms with Crippen molar-refractivity contribution in [2.75, 3.05) is 0 Å². The third-order valence-electron chi connectivity index (χ3n) is 4.33. The van der Waals surface area contributed by atoms with Crippen molar-refractivity contribution in [3.8, 4) is 11.5 Å². The van der Waals surface area contributed by atoms with Crippen LogP contribution in [0.25, 0.3) is 0 Å². The van der Waals surface area contributed by atoms with E-state index in [1.54, 1.807) is 31.2 Å². The largest absolute Gasteiger partial charge is 0.489 e. The second-order valence-corrected chi connectivity index (χ2v) is 6.41. The monoisotopic (exact) mass is 397 g/mol. The van der Waals surface area contributed by atoms with Gasteiger partial charge in [0.05, 0.1) is 6.04 Å². The Morgan fingerprint density at radius 1 is 0.931 bits per heavy atom. The molecule has 1 N–H and O–H groups in total. The van der Waals surface area contributed by atoms with E-state index in [0.29, 0.717) is 16.9 Å². The molecule has 0 saturated heterocycles. The molecule has 150 valence electrons. The van der Waals surface area contributed by atoms with E-state index in [2.05, 4.69) is 10.1 Å². The van der Waals surface area contributed by atoms with Crippen LogP contribution in [0.15, 0.2) is 78.9 Å². The molecule has 0 spiro atoms. The lowest BCUT2D eigenvalue weighted by Crippen LogP contribution is -2.27. The summed E-state index contributed by atoms with van der Waals surface area (Å²) in [5.74, 6) is 0.493. The number of ether oxygens (including phenoxy) is 2. The van der Waals surface area contributed by atoms with Crippen LogP contribution >= 0.6 is 0 Å². The van der Waals surface area contributed by atoms with Crippen LogP contribution in [0.2, 0.25) is 0 Å². The highest BCUT2D eigenvalue weighted by Crippen LogP contribution is 2.22. The molecule has 0 aliphatic heterocycles. The van der Waals surface area contributed by atoms with Gasteiger partial charge in [-0.15, -0.1) is 0 Å². The molecule has 1 unspecified atom stereocenters. The Morgan fingerprint density at radius 2 is 1.62 bits per heavy atom. The molecular weight excluding hydrogens is 376 g/mol. The number of hydrogen-bond acceptors (Lipinski definition) is 3. The molecule has 1 amide bonds. The number of amides is 1. The fraction of sp³-hybridized carbons (Fsp3) is 0.174. The average Bonchev–Trinajstić information content (AvgIpc) is 2.73. The molecule has 0 fully saturated rings. The molecule has 3 aromatic carbocycles. The van der Waals surface area contributed by atoms with Gasteiger partial charge in [0.15, 0.2) is 0 Å². The second-order valence-electron chi connectivity index (χ2n) is 6.41. The molecule has 0 aliphatic rings. The molecule has 3 rings (SSSR count). The van der Waals surface area contributed by atoms with Crippen LogP contribution < -0.4 is 14.8 Å². The number of para-hydroxylation sites is 1. The molecule has 6 heteroatoms. The van der Waals surface area contributed by atoms with E-state index in [4.69, 9.17) is 4.74 Å². The van der Waals surface area contributed by atoms with Crippen molar-refractivity contribution < 1.29 is 23.0 Å². The van der Waals surface area contributed by atoms with Gasteiger partial charge in [-0.2, -0.15) is 8.78 Å². The van der Waals surface area contributed by atoms with Gasteiger partial charge < -0.3 is 14.8 Å². The van der Waals surface area contributed by atoms with Gasteiger partial charge in [-0.05, 0) is 42.8 Å². The summed E-state index contributed by atoms with van der Waals surface area (Å²) >= 11 is 0. The summed E-state index contributed by atoms with van der Waals surface area (Å²) < 4.78 is 35.0. The van der Waals surface area contributed by atoms with E-state index in [1.807, 2.05) is 42.5 Å². The molecule has 0 aliphatic carbocycles. The van der Waals surface area contributed by atoms with Crippen LogP contribution in [0.1, 0.15) is 34.5 Å². The lowest BCUT2D eigenvalue weighted by molar-refractivity contribution is -0.0499. The summed E-state index contributed by atoms with van der Waals surface area (Å²) in [6.45, 7) is -0.867. The fourth-order valence-corrected chi connectivity index (χ4v) is 2.86. The van der Waals surface area contributed by atoms with Gasteiger partial charge in [0, 0.05) is 11.1 Å². The Morgan fingerprint density at radius 3 is 2.38 bits per heavy atom. The summed E-state index contributed by atoms with van der Waals surface area (Å²) in [4.78, 5) is 12.8. The van der Waals surface area contributed by atoms with E-state index in [9.17, 15) is 13.6 Å². The Balaban J connectivity index is 1.69. The van der Waals surface area contributed by atoms with Crippen molar-refractivity contribution in [1.82, 2.24) is 5.32 Å². The highest BCUT2D eigenvalue weighted by Gasteiger charge is 2.16. The van der Waals surface area contributed by atoms with Gasteiger partial charge >= 0.3 is 6.61 Å². The quantitative estimate of drug-likeness (QED) is 0.557. The number of carbonyl (C=O) groups excluding carboxylic acids is 1. The first kappa shape index (κ1) is 20.3. The SMILES string of the molecule is CC(NC(=O)c1ccccc1COc1ccccc1)c1cccc(OC(F)F)c1. The third-order valence-corrected chi connectivity index (χ3v) is 4.33. The van der Waals surface area contributed by atoms with Crippen molar-refractivity contribution >= 4 is 5.91 Å². The Labute approximate surface area is 168 Å². The molecule has 3 aromatic rings. The molecule has 0 bridgehead atoms. The molecule has 4 nitrogen and oxygen atoms in total. The maximum atomic E-state index is 12.8. The van der Waals surface area contributed by atoms with Crippen molar-refractivity contribution in [2.45, 2.75) is 26.2 Å². The summed E-state index contributed by atoms with van der Waals surface area (Å²) in [6, 6.07) is 22.4. The summed E-state index contributed by atoms with van der Waals surface area (Å²) in [5, 5.41) is 2.89. The van der Waals surface area contributed by atoms with E-state index in [0.717, 1.165) is 5.56 Å². The number of carbonyl (C=O) groups is 1. The van der Waals surface area contributed by atoms with Crippen LogP contribution in [0.4, 0.5) is 8.78 Å². The zero-order valence-electron chi connectivity index (χ0n) is 15.8. The van der Waals surface area contributed by atoms with Gasteiger partial charge in [-0.25, -0.2) is 0 Å². The predicted molar refractivity (Wildman–Crippen MR) is 106 cm³/mol. The van der Waals surface area contributed by atoms with Crippen LogP contribution in [0.3, 0.4) is 0 Å². The first-order chi connectivity index (χ1) is 14.0. The molecule has 0 radical (unpaired) electrons. The van der Waals surface area contributed by atoms with Crippen molar-refractivity contribution in [1.29, 1.82) is 0 Å². The molecular formula is C23H21F2NO3. The van der Waals surface area contributed by atoms with Crippen molar-refractivity contribution in [3.63, 3.8) is 0 Å². The first-order valence-corrected chi connectivity index (χ1v) is 9.14. The zero-order chi connectivity index (χ0) is 20.6. The molecule has 0 saturated carbocycles. The maximum Gasteiger partial charge on any atom is 0.387 e. The fourth-order valence-electron chi connectivity index (χ4n) is 2.86. The Hall–Kier alpha value is -3.41. The number of alkyl halides is 2. The molecule has 1 atom stereocenters. The minimum absolute atomic E-state index is 0.0512. The number of halogens is 2. The number of nitrogens with one attached hydrogen (secondary N) is 1. The van der Waals surface area contributed by atoms with Crippen molar-refractivity contribution in [2.24, 2.45) is 0 Å². The second kappa shape index (κ2) is 9.68. The van der Waals surface area contributed by atoms with Gasteiger partial charge in [-0.3, -0.25) is 4.79 Å². The zero-order valence-corrected chi connectivity index (χ0v) is 15.8. The van der Waals surface area contributed by atoms with Gasteiger partial charge in [0.1, 0.15) is 18.1 Å². The van der Waals surface area contributed by atoms with Crippen LogP contribution in [-0.2, 0) is 6.61 Å². The summed E-state index contributed by atoms with van der Waals surface area (Å²) in [6.07, 6.45) is 0. The molecule has 29 heavy (non-hydrogen) atoms. The Bertz CT molecular complexity index is 948.